The Morgan fingerprint density at radius 3 is 2.53 bits per heavy atom. The lowest BCUT2D eigenvalue weighted by Crippen LogP contribution is -2.37. The number of benzene rings is 1. The molecule has 2 N–H and O–H groups in total. The molecule has 106 valence electrons. The number of hydrogen-bond acceptors (Lipinski definition) is 4. The van der Waals surface area contributed by atoms with Gasteiger partial charge in [-0.2, -0.15) is 0 Å². The van der Waals surface area contributed by atoms with E-state index in [0.29, 0.717) is 13.2 Å². The summed E-state index contributed by atoms with van der Waals surface area (Å²) in [6.07, 6.45) is 3.02. The Kier molecular flexibility index (Phi) is 5.05. The van der Waals surface area contributed by atoms with Crippen molar-refractivity contribution in [1.82, 2.24) is 0 Å². The van der Waals surface area contributed by atoms with E-state index in [0.717, 1.165) is 44.0 Å². The van der Waals surface area contributed by atoms with Crippen LogP contribution in [-0.2, 0) is 4.74 Å². The molecule has 1 aliphatic rings. The first-order valence-corrected chi connectivity index (χ1v) is 6.83. The van der Waals surface area contributed by atoms with Crippen LogP contribution in [0.3, 0.4) is 0 Å². The zero-order valence-electron chi connectivity index (χ0n) is 11.6. The molecule has 0 aliphatic carbocycles. The molecule has 4 heteroatoms. The molecule has 1 saturated heterocycles. The molecule has 1 heterocycles. The van der Waals surface area contributed by atoms with Crippen LogP contribution in [-0.4, -0.2) is 33.5 Å². The predicted octanol–water partition coefficient (Wildman–Crippen LogP) is 2.22. The fourth-order valence-corrected chi connectivity index (χ4v) is 2.48. The normalized spacial score (nSPS) is 18.0. The van der Waals surface area contributed by atoms with E-state index in [-0.39, 0.29) is 5.41 Å². The molecule has 0 aromatic heterocycles. The molecule has 0 unspecified atom stereocenters. The SMILES string of the molecule is COc1ccccc1OCCC1(CN)CCOCC1. The third kappa shape index (κ3) is 3.61. The van der Waals surface area contributed by atoms with Crippen LogP contribution in [0.25, 0.3) is 0 Å². The van der Waals surface area contributed by atoms with Gasteiger partial charge in [0.1, 0.15) is 0 Å². The summed E-state index contributed by atoms with van der Waals surface area (Å²) in [6.45, 7) is 2.99. The average Bonchev–Trinajstić information content (AvgIpc) is 2.49. The maximum absolute atomic E-state index is 5.94. The molecule has 1 aromatic rings. The zero-order valence-corrected chi connectivity index (χ0v) is 11.6. The van der Waals surface area contributed by atoms with Gasteiger partial charge in [0.05, 0.1) is 13.7 Å². The van der Waals surface area contributed by atoms with Crippen LogP contribution < -0.4 is 15.2 Å². The summed E-state index contributed by atoms with van der Waals surface area (Å²) in [5.74, 6) is 1.57. The molecule has 0 bridgehead atoms. The summed E-state index contributed by atoms with van der Waals surface area (Å²) in [4.78, 5) is 0. The molecule has 1 aliphatic heterocycles. The second-order valence-electron chi connectivity index (χ2n) is 5.07. The summed E-state index contributed by atoms with van der Waals surface area (Å²) < 4.78 is 16.5. The Labute approximate surface area is 114 Å². The lowest BCUT2D eigenvalue weighted by molar-refractivity contribution is 0.00842. The summed E-state index contributed by atoms with van der Waals surface area (Å²) >= 11 is 0. The number of nitrogens with two attached hydrogens (primary N) is 1. The van der Waals surface area contributed by atoms with Crippen LogP contribution in [0.4, 0.5) is 0 Å². The first-order valence-electron chi connectivity index (χ1n) is 6.83. The number of ether oxygens (including phenoxy) is 3. The first-order chi connectivity index (χ1) is 9.29. The minimum absolute atomic E-state index is 0.181. The summed E-state index contributed by atoms with van der Waals surface area (Å²) in [6, 6.07) is 7.72. The van der Waals surface area contributed by atoms with Gasteiger partial charge in [-0.25, -0.2) is 0 Å². The summed E-state index contributed by atoms with van der Waals surface area (Å²) in [7, 11) is 1.65. The molecular formula is C15H23NO3. The van der Waals surface area contributed by atoms with Crippen molar-refractivity contribution in [2.45, 2.75) is 19.3 Å². The van der Waals surface area contributed by atoms with Gasteiger partial charge in [-0.1, -0.05) is 12.1 Å². The molecule has 0 radical (unpaired) electrons. The molecule has 2 rings (SSSR count). The number of para-hydroxylation sites is 2. The lowest BCUT2D eigenvalue weighted by atomic mass is 9.78. The van der Waals surface area contributed by atoms with Gasteiger partial charge in [-0.3, -0.25) is 0 Å². The third-order valence-electron chi connectivity index (χ3n) is 3.95. The topological polar surface area (TPSA) is 53.7 Å². The van der Waals surface area contributed by atoms with Gasteiger partial charge in [0.15, 0.2) is 11.5 Å². The van der Waals surface area contributed by atoms with Gasteiger partial charge in [-0.05, 0) is 43.4 Å². The van der Waals surface area contributed by atoms with E-state index in [4.69, 9.17) is 19.9 Å². The molecule has 4 nitrogen and oxygen atoms in total. The van der Waals surface area contributed by atoms with E-state index in [1.54, 1.807) is 7.11 Å². The molecule has 1 fully saturated rings. The van der Waals surface area contributed by atoms with Gasteiger partial charge >= 0.3 is 0 Å². The summed E-state index contributed by atoms with van der Waals surface area (Å²) in [5, 5.41) is 0. The maximum Gasteiger partial charge on any atom is 0.161 e. The Hall–Kier alpha value is -1.26. The highest BCUT2D eigenvalue weighted by molar-refractivity contribution is 5.39. The summed E-state index contributed by atoms with van der Waals surface area (Å²) in [5.41, 5.74) is 6.12. The second-order valence-corrected chi connectivity index (χ2v) is 5.07. The van der Waals surface area contributed by atoms with Crippen molar-refractivity contribution in [2.24, 2.45) is 11.1 Å². The van der Waals surface area contributed by atoms with Gasteiger partial charge in [0, 0.05) is 13.2 Å². The minimum Gasteiger partial charge on any atom is -0.493 e. The molecule has 0 spiro atoms. The van der Waals surface area contributed by atoms with Crippen LogP contribution in [0.15, 0.2) is 24.3 Å². The van der Waals surface area contributed by atoms with Crippen LogP contribution in [0.1, 0.15) is 19.3 Å². The van der Waals surface area contributed by atoms with Crippen molar-refractivity contribution in [3.8, 4) is 11.5 Å². The van der Waals surface area contributed by atoms with Gasteiger partial charge in [0.2, 0.25) is 0 Å². The average molecular weight is 265 g/mol. The maximum atomic E-state index is 5.94. The Balaban J connectivity index is 1.88. The number of rotatable bonds is 6. The largest absolute Gasteiger partial charge is 0.493 e. The van der Waals surface area contributed by atoms with E-state index in [1.165, 1.54) is 0 Å². The molecular weight excluding hydrogens is 242 g/mol. The van der Waals surface area contributed by atoms with E-state index in [1.807, 2.05) is 24.3 Å². The zero-order chi connectivity index (χ0) is 13.6. The molecule has 0 amide bonds. The van der Waals surface area contributed by atoms with Crippen molar-refractivity contribution in [3.63, 3.8) is 0 Å². The van der Waals surface area contributed by atoms with E-state index >= 15 is 0 Å². The fourth-order valence-electron chi connectivity index (χ4n) is 2.48. The lowest BCUT2D eigenvalue weighted by Gasteiger charge is -2.36. The highest BCUT2D eigenvalue weighted by Gasteiger charge is 2.31. The van der Waals surface area contributed by atoms with Crippen LogP contribution in [0.5, 0.6) is 11.5 Å². The van der Waals surface area contributed by atoms with Crippen LogP contribution in [0.2, 0.25) is 0 Å². The van der Waals surface area contributed by atoms with E-state index in [2.05, 4.69) is 0 Å². The van der Waals surface area contributed by atoms with E-state index in [9.17, 15) is 0 Å². The van der Waals surface area contributed by atoms with Crippen molar-refractivity contribution >= 4 is 0 Å². The van der Waals surface area contributed by atoms with Crippen molar-refractivity contribution in [1.29, 1.82) is 0 Å². The van der Waals surface area contributed by atoms with Crippen molar-refractivity contribution in [3.05, 3.63) is 24.3 Å². The monoisotopic (exact) mass is 265 g/mol. The number of methoxy groups -OCH3 is 1. The van der Waals surface area contributed by atoms with Crippen molar-refractivity contribution in [2.75, 3.05) is 33.5 Å². The third-order valence-corrected chi connectivity index (χ3v) is 3.95. The molecule has 1 aromatic carbocycles. The highest BCUT2D eigenvalue weighted by Crippen LogP contribution is 2.34. The van der Waals surface area contributed by atoms with Gasteiger partial charge in [0.25, 0.3) is 0 Å². The number of hydrogen-bond donors (Lipinski definition) is 1. The van der Waals surface area contributed by atoms with Crippen LogP contribution >= 0.6 is 0 Å². The quantitative estimate of drug-likeness (QED) is 0.857. The standard InChI is InChI=1S/C15H23NO3/c1-17-13-4-2-3-5-14(13)19-11-8-15(12-16)6-9-18-10-7-15/h2-5H,6-12,16H2,1H3. The van der Waals surface area contributed by atoms with Gasteiger partial charge in [-0.15, -0.1) is 0 Å². The van der Waals surface area contributed by atoms with Crippen molar-refractivity contribution < 1.29 is 14.2 Å². The molecule has 0 saturated carbocycles. The second kappa shape index (κ2) is 6.78. The fraction of sp³-hybridized carbons (Fsp3) is 0.600. The predicted molar refractivity (Wildman–Crippen MR) is 74.6 cm³/mol. The smallest absolute Gasteiger partial charge is 0.161 e. The van der Waals surface area contributed by atoms with Gasteiger partial charge < -0.3 is 19.9 Å². The Morgan fingerprint density at radius 1 is 1.21 bits per heavy atom. The Bertz CT molecular complexity index is 389. The van der Waals surface area contributed by atoms with E-state index < -0.39 is 0 Å². The first kappa shape index (κ1) is 14.2. The molecule has 0 atom stereocenters. The Morgan fingerprint density at radius 2 is 1.89 bits per heavy atom. The van der Waals surface area contributed by atoms with Crippen LogP contribution in [0, 0.1) is 5.41 Å². The molecule has 19 heavy (non-hydrogen) atoms. The highest BCUT2D eigenvalue weighted by atomic mass is 16.5. The minimum atomic E-state index is 0.181.